The molecule has 0 aliphatic heterocycles. The normalized spacial score (nSPS) is 13.6. The van der Waals surface area contributed by atoms with E-state index in [1.54, 1.807) is 36.4 Å². The van der Waals surface area contributed by atoms with Gasteiger partial charge in [0.1, 0.15) is 24.2 Å². The van der Waals surface area contributed by atoms with E-state index in [1.807, 2.05) is 24.3 Å². The quantitative estimate of drug-likeness (QED) is 0.116. The highest BCUT2D eigenvalue weighted by Crippen LogP contribution is 2.15. The number of aliphatic imine (C=N–C) groups is 1. The topological polar surface area (TPSA) is 198 Å². The molecule has 2 rings (SSSR count). The maximum atomic E-state index is 13.4. The van der Waals surface area contributed by atoms with Crippen LogP contribution in [0.2, 0.25) is 0 Å². The third kappa shape index (κ3) is 10.7. The number of carboxylic acid groups (broad SMARTS) is 1. The monoisotopic (exact) mass is 540 g/mol. The van der Waals surface area contributed by atoms with Gasteiger partial charge in [0.25, 0.3) is 0 Å². The van der Waals surface area contributed by atoms with Crippen molar-refractivity contribution < 1.29 is 29.0 Å². The van der Waals surface area contributed by atoms with Crippen molar-refractivity contribution in [3.8, 4) is 0 Å². The molecule has 2 aromatic carbocycles. The lowest BCUT2D eigenvalue weighted by Crippen LogP contribution is -2.61. The number of rotatable bonds is 14. The van der Waals surface area contributed by atoms with Gasteiger partial charge in [-0.05, 0) is 37.8 Å². The second-order valence-corrected chi connectivity index (χ2v) is 9.22. The van der Waals surface area contributed by atoms with Gasteiger partial charge in [0.2, 0.25) is 11.8 Å². The summed E-state index contributed by atoms with van der Waals surface area (Å²) >= 11 is 0. The van der Waals surface area contributed by atoms with Crippen LogP contribution in [-0.4, -0.2) is 59.1 Å². The summed E-state index contributed by atoms with van der Waals surface area (Å²) in [6, 6.07) is 15.8. The molecule has 0 aliphatic carbocycles. The maximum Gasteiger partial charge on any atom is 0.408 e. The van der Waals surface area contributed by atoms with E-state index in [0.29, 0.717) is 6.42 Å². The summed E-state index contributed by atoms with van der Waals surface area (Å²) in [6.45, 7) is 3.15. The van der Waals surface area contributed by atoms with E-state index in [9.17, 15) is 24.3 Å². The largest absolute Gasteiger partial charge is 0.480 e. The molecule has 0 bridgehead atoms. The number of aliphatic carboxylic acids is 1. The van der Waals surface area contributed by atoms with Crippen LogP contribution in [0.1, 0.15) is 37.8 Å². The first-order chi connectivity index (χ1) is 18.5. The molecule has 0 heterocycles. The SMILES string of the molecule is C[C@H](NC(=O)[C@@](C)(Cc1ccccc1)NC(=O)OCc1ccccc1)C(=O)N[C@@H](CCCN=C(N)N)C(=O)O. The number of carboxylic acids is 1. The van der Waals surface area contributed by atoms with Crippen molar-refractivity contribution in [2.24, 2.45) is 16.5 Å². The van der Waals surface area contributed by atoms with Crippen molar-refractivity contribution in [1.82, 2.24) is 16.0 Å². The lowest BCUT2D eigenvalue weighted by atomic mass is 9.91. The maximum absolute atomic E-state index is 13.4. The van der Waals surface area contributed by atoms with E-state index in [-0.39, 0.29) is 32.0 Å². The minimum atomic E-state index is -1.49. The Kier molecular flexibility index (Phi) is 11.7. The molecule has 0 saturated heterocycles. The van der Waals surface area contributed by atoms with Crippen LogP contribution in [0.4, 0.5) is 4.79 Å². The highest BCUT2D eigenvalue weighted by molar-refractivity contribution is 5.94. The Labute approximate surface area is 227 Å². The number of carbonyl (C=O) groups excluding carboxylic acids is 3. The van der Waals surface area contributed by atoms with Gasteiger partial charge in [-0.25, -0.2) is 9.59 Å². The second-order valence-electron chi connectivity index (χ2n) is 9.22. The predicted molar refractivity (Wildman–Crippen MR) is 145 cm³/mol. The third-order valence-electron chi connectivity index (χ3n) is 5.79. The number of ether oxygens (including phenoxy) is 1. The predicted octanol–water partition coefficient (Wildman–Crippen LogP) is 1.04. The minimum absolute atomic E-state index is 0.00821. The van der Waals surface area contributed by atoms with Crippen LogP contribution in [0.15, 0.2) is 65.7 Å². The second kappa shape index (κ2) is 15.0. The minimum Gasteiger partial charge on any atom is -0.480 e. The summed E-state index contributed by atoms with van der Waals surface area (Å²) in [4.78, 5) is 54.2. The molecule has 0 saturated carbocycles. The summed E-state index contributed by atoms with van der Waals surface area (Å²) in [5.41, 5.74) is 10.6. The number of amides is 3. The number of nitrogens with zero attached hydrogens (tertiary/aromatic N) is 1. The van der Waals surface area contributed by atoms with E-state index < -0.39 is 41.5 Å². The molecular weight excluding hydrogens is 504 g/mol. The number of alkyl carbamates (subject to hydrolysis) is 1. The number of hydrogen-bond acceptors (Lipinski definition) is 6. The lowest BCUT2D eigenvalue weighted by Gasteiger charge is -2.31. The fourth-order valence-corrected chi connectivity index (χ4v) is 3.65. The zero-order chi connectivity index (χ0) is 28.8. The lowest BCUT2D eigenvalue weighted by molar-refractivity contribution is -0.142. The van der Waals surface area contributed by atoms with Gasteiger partial charge in [0.15, 0.2) is 5.96 Å². The van der Waals surface area contributed by atoms with Crippen LogP contribution in [0.3, 0.4) is 0 Å². The Morgan fingerprint density at radius 3 is 2.13 bits per heavy atom. The Hall–Kier alpha value is -4.61. The molecule has 8 N–H and O–H groups in total. The number of nitrogens with one attached hydrogen (secondary N) is 3. The van der Waals surface area contributed by atoms with Crippen molar-refractivity contribution >= 4 is 29.8 Å². The highest BCUT2D eigenvalue weighted by Gasteiger charge is 2.37. The van der Waals surface area contributed by atoms with Gasteiger partial charge in [-0.1, -0.05) is 60.7 Å². The first-order valence-electron chi connectivity index (χ1n) is 12.4. The van der Waals surface area contributed by atoms with Gasteiger partial charge in [-0.3, -0.25) is 14.6 Å². The van der Waals surface area contributed by atoms with Crippen molar-refractivity contribution in [1.29, 1.82) is 0 Å². The summed E-state index contributed by atoms with van der Waals surface area (Å²) < 4.78 is 5.31. The first-order valence-corrected chi connectivity index (χ1v) is 12.4. The van der Waals surface area contributed by atoms with E-state index in [4.69, 9.17) is 16.2 Å². The summed E-state index contributed by atoms with van der Waals surface area (Å²) in [6.07, 6.45) is -0.299. The van der Waals surface area contributed by atoms with E-state index in [2.05, 4.69) is 20.9 Å². The van der Waals surface area contributed by atoms with Gasteiger partial charge in [0, 0.05) is 13.0 Å². The van der Waals surface area contributed by atoms with E-state index in [0.717, 1.165) is 11.1 Å². The van der Waals surface area contributed by atoms with Gasteiger partial charge in [-0.15, -0.1) is 0 Å². The molecule has 0 aromatic heterocycles. The Morgan fingerprint density at radius 2 is 1.56 bits per heavy atom. The zero-order valence-corrected chi connectivity index (χ0v) is 22.1. The summed E-state index contributed by atoms with van der Waals surface area (Å²) in [5, 5.41) is 17.1. The number of guanidine groups is 1. The zero-order valence-electron chi connectivity index (χ0n) is 22.1. The molecule has 39 heavy (non-hydrogen) atoms. The number of hydrogen-bond donors (Lipinski definition) is 6. The molecule has 3 amide bonds. The van der Waals surface area contributed by atoms with Crippen LogP contribution in [0.25, 0.3) is 0 Å². The summed E-state index contributed by atoms with van der Waals surface area (Å²) in [5.74, 6) is -2.70. The molecule has 0 unspecified atom stereocenters. The Bertz CT molecular complexity index is 1140. The highest BCUT2D eigenvalue weighted by atomic mass is 16.5. The number of carbonyl (C=O) groups is 4. The van der Waals surface area contributed by atoms with Gasteiger partial charge < -0.3 is 37.3 Å². The van der Waals surface area contributed by atoms with Crippen LogP contribution in [-0.2, 0) is 32.1 Å². The Balaban J connectivity index is 2.06. The molecular formula is C27H36N6O6. The smallest absolute Gasteiger partial charge is 0.408 e. The van der Waals surface area contributed by atoms with E-state index >= 15 is 0 Å². The van der Waals surface area contributed by atoms with E-state index in [1.165, 1.54) is 13.8 Å². The van der Waals surface area contributed by atoms with Crippen LogP contribution >= 0.6 is 0 Å². The number of nitrogens with two attached hydrogens (primary N) is 2. The molecule has 3 atom stereocenters. The van der Waals surface area contributed by atoms with Crippen LogP contribution in [0.5, 0.6) is 0 Å². The Morgan fingerprint density at radius 1 is 0.974 bits per heavy atom. The summed E-state index contributed by atoms with van der Waals surface area (Å²) in [7, 11) is 0. The third-order valence-corrected chi connectivity index (χ3v) is 5.79. The molecule has 210 valence electrons. The molecule has 2 aromatic rings. The van der Waals surface area contributed by atoms with Crippen molar-refractivity contribution in [3.05, 3.63) is 71.8 Å². The molecule has 0 radical (unpaired) electrons. The molecule has 0 fully saturated rings. The van der Waals surface area contributed by atoms with Gasteiger partial charge in [0.05, 0.1) is 0 Å². The first kappa shape index (κ1) is 30.6. The van der Waals surface area contributed by atoms with Crippen molar-refractivity contribution in [2.75, 3.05) is 6.54 Å². The van der Waals surface area contributed by atoms with Gasteiger partial charge >= 0.3 is 12.1 Å². The average molecular weight is 541 g/mol. The standard InChI is InChI=1S/C27H36N6O6/c1-18(22(34)32-21(23(35)36)14-9-15-30-25(28)29)31-24(37)27(2,16-19-10-5-3-6-11-19)33-26(38)39-17-20-12-7-4-8-13-20/h3-8,10-13,18,21H,9,14-17H2,1-2H3,(H,31,37)(H,32,34)(H,33,38)(H,35,36)(H4,28,29,30)/t18-,21-,27+/m0/s1. The number of benzene rings is 2. The van der Waals surface area contributed by atoms with Gasteiger partial charge in [-0.2, -0.15) is 0 Å². The molecule has 0 aliphatic rings. The van der Waals surface area contributed by atoms with Crippen LogP contribution < -0.4 is 27.4 Å². The fraction of sp³-hybridized carbons (Fsp3) is 0.370. The molecule has 0 spiro atoms. The van der Waals surface area contributed by atoms with Crippen molar-refractivity contribution in [2.45, 2.75) is 57.3 Å². The average Bonchev–Trinajstić information content (AvgIpc) is 2.89. The fourth-order valence-electron chi connectivity index (χ4n) is 3.65. The molecule has 12 heteroatoms. The molecule has 12 nitrogen and oxygen atoms in total. The van der Waals surface area contributed by atoms with Crippen molar-refractivity contribution in [3.63, 3.8) is 0 Å². The van der Waals surface area contributed by atoms with Crippen LogP contribution in [0, 0.1) is 0 Å².